The van der Waals surface area contributed by atoms with Crippen molar-refractivity contribution in [1.82, 2.24) is 24.6 Å². The normalized spacial score (nSPS) is 27.1. The van der Waals surface area contributed by atoms with Gasteiger partial charge in [0.15, 0.2) is 0 Å². The fourth-order valence-electron chi connectivity index (χ4n) is 3.31. The monoisotopic (exact) mass is 293 g/mol. The first-order valence-electron chi connectivity index (χ1n) is 7.65. The number of nitrogens with zero attached hydrogens (tertiary/aromatic N) is 5. The van der Waals surface area contributed by atoms with E-state index in [-0.39, 0.29) is 11.7 Å². The summed E-state index contributed by atoms with van der Waals surface area (Å²) in [6.07, 6.45) is 4.31. The molecule has 0 aliphatic carbocycles. The van der Waals surface area contributed by atoms with Crippen LogP contribution in [0.25, 0.3) is 0 Å². The third kappa shape index (κ3) is 2.88. The molecular formula is C14H23N5O2. The Morgan fingerprint density at radius 1 is 1.38 bits per heavy atom. The van der Waals surface area contributed by atoms with Crippen molar-refractivity contribution in [3.05, 3.63) is 12.2 Å². The number of amides is 1. The van der Waals surface area contributed by atoms with Gasteiger partial charge in [-0.15, -0.1) is 0 Å². The number of ether oxygens (including phenoxy) is 1. The standard InChI is InChI=1S/C14H23N5O2/c1-3-19-12(15-11-16-19)9-18-7-4-5-14(6-8-18)10-17(2)13(20)21-14/h11H,3-10H2,1-2H3/t14-/m1/s1. The quantitative estimate of drug-likeness (QED) is 0.835. The van der Waals surface area contributed by atoms with Gasteiger partial charge in [-0.3, -0.25) is 4.90 Å². The highest BCUT2D eigenvalue weighted by Gasteiger charge is 2.44. The van der Waals surface area contributed by atoms with Crippen molar-refractivity contribution in [1.29, 1.82) is 0 Å². The Hall–Kier alpha value is -1.63. The molecule has 1 aromatic heterocycles. The lowest BCUT2D eigenvalue weighted by atomic mass is 9.95. The largest absolute Gasteiger partial charge is 0.441 e. The maximum Gasteiger partial charge on any atom is 0.410 e. The number of carbonyl (C=O) groups is 1. The van der Waals surface area contributed by atoms with Crippen molar-refractivity contribution in [3.63, 3.8) is 0 Å². The molecule has 7 nitrogen and oxygen atoms in total. The zero-order valence-electron chi connectivity index (χ0n) is 12.8. The van der Waals surface area contributed by atoms with Crippen LogP contribution in [0.2, 0.25) is 0 Å². The number of rotatable bonds is 3. The third-order valence-electron chi connectivity index (χ3n) is 4.49. The maximum absolute atomic E-state index is 11.6. The summed E-state index contributed by atoms with van der Waals surface area (Å²) in [5.74, 6) is 1.01. The van der Waals surface area contributed by atoms with Gasteiger partial charge in [-0.25, -0.2) is 14.5 Å². The smallest absolute Gasteiger partial charge is 0.410 e. The van der Waals surface area contributed by atoms with Gasteiger partial charge in [0.1, 0.15) is 17.8 Å². The lowest BCUT2D eigenvalue weighted by Gasteiger charge is -2.25. The second-order valence-corrected chi connectivity index (χ2v) is 6.03. The van der Waals surface area contributed by atoms with E-state index in [1.54, 1.807) is 11.2 Å². The number of likely N-dealkylation sites (tertiary alicyclic amines) is 1. The minimum absolute atomic E-state index is 0.186. The minimum atomic E-state index is -0.279. The summed E-state index contributed by atoms with van der Waals surface area (Å²) >= 11 is 0. The number of likely N-dealkylation sites (N-methyl/N-ethyl adjacent to an activating group) is 1. The molecule has 116 valence electrons. The molecule has 2 fully saturated rings. The van der Waals surface area contributed by atoms with Crippen molar-refractivity contribution < 1.29 is 9.53 Å². The summed E-state index contributed by atoms with van der Waals surface area (Å²) in [5.41, 5.74) is -0.279. The molecule has 1 amide bonds. The van der Waals surface area contributed by atoms with E-state index in [1.165, 1.54) is 0 Å². The molecule has 3 rings (SSSR count). The topological polar surface area (TPSA) is 63.5 Å². The molecule has 1 spiro atoms. The highest BCUT2D eigenvalue weighted by molar-refractivity contribution is 5.70. The van der Waals surface area contributed by atoms with Crippen LogP contribution in [0.3, 0.4) is 0 Å². The van der Waals surface area contributed by atoms with Crippen molar-refractivity contribution in [2.45, 2.75) is 44.9 Å². The van der Waals surface area contributed by atoms with Crippen molar-refractivity contribution >= 4 is 6.09 Å². The van der Waals surface area contributed by atoms with Gasteiger partial charge in [0, 0.05) is 26.6 Å². The van der Waals surface area contributed by atoms with Gasteiger partial charge in [-0.2, -0.15) is 5.10 Å². The molecule has 0 saturated carbocycles. The fraction of sp³-hybridized carbons (Fsp3) is 0.786. The number of carbonyl (C=O) groups excluding carboxylic acids is 1. The van der Waals surface area contributed by atoms with Gasteiger partial charge in [0.25, 0.3) is 0 Å². The Labute approximate surface area is 124 Å². The highest BCUT2D eigenvalue weighted by atomic mass is 16.6. The number of hydrogen-bond acceptors (Lipinski definition) is 5. The highest BCUT2D eigenvalue weighted by Crippen LogP contribution is 2.32. The molecule has 1 aromatic rings. The lowest BCUT2D eigenvalue weighted by Crippen LogP contribution is -2.35. The molecule has 0 unspecified atom stereocenters. The predicted octanol–water partition coefficient (Wildman–Crippen LogP) is 1.10. The first kappa shape index (κ1) is 14.3. The minimum Gasteiger partial charge on any atom is -0.441 e. The van der Waals surface area contributed by atoms with Crippen molar-refractivity contribution in [3.8, 4) is 0 Å². The molecule has 1 atom stereocenters. The third-order valence-corrected chi connectivity index (χ3v) is 4.49. The van der Waals surface area contributed by atoms with Crippen LogP contribution in [0.1, 0.15) is 32.0 Å². The first-order valence-corrected chi connectivity index (χ1v) is 7.65. The van der Waals surface area contributed by atoms with Crippen LogP contribution >= 0.6 is 0 Å². The first-order chi connectivity index (χ1) is 10.1. The van der Waals surface area contributed by atoms with Crippen molar-refractivity contribution in [2.24, 2.45) is 0 Å². The van der Waals surface area contributed by atoms with Gasteiger partial charge in [-0.1, -0.05) is 0 Å². The molecule has 2 saturated heterocycles. The molecule has 2 aliphatic heterocycles. The molecule has 7 heteroatoms. The lowest BCUT2D eigenvalue weighted by molar-refractivity contribution is 0.0442. The SMILES string of the molecule is CCn1ncnc1CN1CCC[C@@]2(CC1)CN(C)C(=O)O2. The van der Waals surface area contributed by atoms with E-state index < -0.39 is 0 Å². The number of hydrogen-bond donors (Lipinski definition) is 0. The average molecular weight is 293 g/mol. The molecule has 0 N–H and O–H groups in total. The molecule has 0 bridgehead atoms. The van der Waals surface area contributed by atoms with E-state index in [1.807, 2.05) is 11.7 Å². The van der Waals surface area contributed by atoms with E-state index in [0.29, 0.717) is 6.54 Å². The van der Waals surface area contributed by atoms with E-state index in [2.05, 4.69) is 21.9 Å². The van der Waals surface area contributed by atoms with Crippen LogP contribution in [-0.4, -0.2) is 62.9 Å². The number of aromatic nitrogens is 3. The molecule has 0 radical (unpaired) electrons. The van der Waals surface area contributed by atoms with Crippen LogP contribution in [0.4, 0.5) is 4.79 Å². The Morgan fingerprint density at radius 3 is 2.95 bits per heavy atom. The van der Waals surface area contributed by atoms with Gasteiger partial charge < -0.3 is 9.64 Å². The van der Waals surface area contributed by atoms with Gasteiger partial charge in [0.05, 0.1) is 13.1 Å². The van der Waals surface area contributed by atoms with E-state index in [4.69, 9.17) is 4.74 Å². The zero-order chi connectivity index (χ0) is 14.9. The molecule has 3 heterocycles. The summed E-state index contributed by atoms with van der Waals surface area (Å²) < 4.78 is 7.57. The summed E-state index contributed by atoms with van der Waals surface area (Å²) in [6, 6.07) is 0. The van der Waals surface area contributed by atoms with E-state index in [9.17, 15) is 4.79 Å². The molecule has 21 heavy (non-hydrogen) atoms. The van der Waals surface area contributed by atoms with Crippen LogP contribution in [0.5, 0.6) is 0 Å². The van der Waals surface area contributed by atoms with E-state index >= 15 is 0 Å². The fourth-order valence-corrected chi connectivity index (χ4v) is 3.31. The van der Waals surface area contributed by atoms with Crippen LogP contribution in [0.15, 0.2) is 6.33 Å². The van der Waals surface area contributed by atoms with Gasteiger partial charge in [-0.05, 0) is 26.3 Å². The second-order valence-electron chi connectivity index (χ2n) is 6.03. The number of aryl methyl sites for hydroxylation is 1. The summed E-state index contributed by atoms with van der Waals surface area (Å²) in [5, 5.41) is 4.22. The summed E-state index contributed by atoms with van der Waals surface area (Å²) in [6.45, 7) is 6.38. The molecule has 2 aliphatic rings. The predicted molar refractivity (Wildman–Crippen MR) is 76.7 cm³/mol. The summed E-state index contributed by atoms with van der Waals surface area (Å²) in [4.78, 5) is 20.1. The van der Waals surface area contributed by atoms with Crippen molar-refractivity contribution in [2.75, 3.05) is 26.7 Å². The Kier molecular flexibility index (Phi) is 3.84. The van der Waals surface area contributed by atoms with Crippen LogP contribution in [-0.2, 0) is 17.8 Å². The average Bonchev–Trinajstić information content (AvgIpc) is 2.95. The maximum atomic E-state index is 11.6. The Balaban J connectivity index is 1.62. The van der Waals surface area contributed by atoms with E-state index in [0.717, 1.165) is 51.3 Å². The van der Waals surface area contributed by atoms with Crippen LogP contribution < -0.4 is 0 Å². The van der Waals surface area contributed by atoms with Gasteiger partial charge >= 0.3 is 6.09 Å². The Bertz CT molecular complexity index is 517. The molecule has 0 aromatic carbocycles. The Morgan fingerprint density at radius 2 is 2.24 bits per heavy atom. The second kappa shape index (κ2) is 5.63. The van der Waals surface area contributed by atoms with Crippen LogP contribution in [0, 0.1) is 0 Å². The molecular weight excluding hydrogens is 270 g/mol. The summed E-state index contributed by atoms with van der Waals surface area (Å²) in [7, 11) is 1.81. The van der Waals surface area contributed by atoms with Gasteiger partial charge in [0.2, 0.25) is 0 Å². The zero-order valence-corrected chi connectivity index (χ0v) is 12.8.